The number of halogens is 2. The first-order valence-corrected chi connectivity index (χ1v) is 7.92. The lowest BCUT2D eigenvalue weighted by molar-refractivity contribution is 0.100. The Hall–Kier alpha value is -0.210. The molecule has 0 N–H and O–H groups in total. The molecule has 3 heteroatoms. The summed E-state index contributed by atoms with van der Waals surface area (Å²) in [7, 11) is 0. The minimum atomic E-state index is 0.349. The van der Waals surface area contributed by atoms with Crippen LogP contribution >= 0.6 is 27.5 Å². The van der Waals surface area contributed by atoms with Crippen LogP contribution < -0.4 is 4.74 Å². The zero-order valence-electron chi connectivity index (χ0n) is 11.0. The molecule has 2 atom stereocenters. The average Bonchev–Trinajstić information content (AvgIpc) is 2.30. The highest BCUT2D eigenvalue weighted by Gasteiger charge is 2.25. The Labute approximate surface area is 123 Å². The van der Waals surface area contributed by atoms with E-state index in [2.05, 4.69) is 29.8 Å². The molecule has 1 fully saturated rings. The van der Waals surface area contributed by atoms with Gasteiger partial charge < -0.3 is 4.74 Å². The summed E-state index contributed by atoms with van der Waals surface area (Å²) >= 11 is 9.38. The molecule has 0 saturated heterocycles. The summed E-state index contributed by atoms with van der Waals surface area (Å²) in [5, 5.41) is 0. The summed E-state index contributed by atoms with van der Waals surface area (Å²) in [5.74, 6) is 3.01. The minimum Gasteiger partial charge on any atom is -0.489 e. The van der Waals surface area contributed by atoms with Gasteiger partial charge in [-0.25, -0.2) is 0 Å². The summed E-state index contributed by atoms with van der Waals surface area (Å²) in [6.45, 7) is 4.63. The molecule has 0 amide bonds. The smallest absolute Gasteiger partial charge is 0.133 e. The van der Waals surface area contributed by atoms with Crippen LogP contribution in [-0.4, -0.2) is 6.10 Å². The molecular formula is C15H20BrClO. The lowest BCUT2D eigenvalue weighted by atomic mass is 9.82. The maximum absolute atomic E-state index is 6.14. The van der Waals surface area contributed by atoms with Crippen molar-refractivity contribution in [2.75, 3.05) is 0 Å². The maximum Gasteiger partial charge on any atom is 0.133 e. The molecule has 0 aromatic heterocycles. The normalized spacial score (nSPS) is 28.1. The number of ether oxygens (including phenoxy) is 1. The molecule has 1 nitrogen and oxygen atoms in total. The summed E-state index contributed by atoms with van der Waals surface area (Å²) < 4.78 is 7.14. The molecule has 2 unspecified atom stereocenters. The van der Waals surface area contributed by atoms with Crippen LogP contribution in [0.5, 0.6) is 5.75 Å². The van der Waals surface area contributed by atoms with Crippen molar-refractivity contribution in [3.63, 3.8) is 0 Å². The number of rotatable bonds is 3. The van der Waals surface area contributed by atoms with Crippen LogP contribution in [0.15, 0.2) is 22.7 Å². The van der Waals surface area contributed by atoms with E-state index in [4.69, 9.17) is 16.3 Å². The predicted octanol–water partition coefficient (Wildman–Crippen LogP) is 5.39. The van der Waals surface area contributed by atoms with E-state index >= 15 is 0 Å². The van der Waals surface area contributed by atoms with E-state index in [1.54, 1.807) is 0 Å². The molecule has 100 valence electrons. The van der Waals surface area contributed by atoms with E-state index < -0.39 is 0 Å². The topological polar surface area (TPSA) is 9.23 Å². The zero-order chi connectivity index (χ0) is 13.1. The molecule has 0 heterocycles. The van der Waals surface area contributed by atoms with Gasteiger partial charge in [0.05, 0.1) is 10.6 Å². The fourth-order valence-electron chi connectivity index (χ4n) is 2.87. The second kappa shape index (κ2) is 6.29. The third-order valence-electron chi connectivity index (χ3n) is 3.58. The van der Waals surface area contributed by atoms with Gasteiger partial charge in [0, 0.05) is 5.88 Å². The maximum atomic E-state index is 6.14. The molecule has 0 bridgehead atoms. The molecular weight excluding hydrogens is 312 g/mol. The fourth-order valence-corrected chi connectivity index (χ4v) is 3.56. The third kappa shape index (κ3) is 3.64. The van der Waals surface area contributed by atoms with Gasteiger partial charge in [-0.15, -0.1) is 11.6 Å². The summed E-state index contributed by atoms with van der Waals surface area (Å²) in [4.78, 5) is 0. The molecule has 1 saturated carbocycles. The van der Waals surface area contributed by atoms with Crippen LogP contribution in [0.25, 0.3) is 0 Å². The summed E-state index contributed by atoms with van der Waals surface area (Å²) in [6, 6.07) is 6.09. The Balaban J connectivity index is 2.04. The zero-order valence-corrected chi connectivity index (χ0v) is 13.3. The van der Waals surface area contributed by atoms with Gasteiger partial charge in [0.1, 0.15) is 5.75 Å². The lowest BCUT2D eigenvalue weighted by Gasteiger charge is -2.32. The molecule has 0 radical (unpaired) electrons. The quantitative estimate of drug-likeness (QED) is 0.675. The van der Waals surface area contributed by atoms with Gasteiger partial charge in [-0.2, -0.15) is 0 Å². The number of benzene rings is 1. The minimum absolute atomic E-state index is 0.349. The van der Waals surface area contributed by atoms with Crippen LogP contribution in [0.4, 0.5) is 0 Å². The Bertz CT molecular complexity index is 397. The molecule has 1 aliphatic rings. The van der Waals surface area contributed by atoms with E-state index in [-0.39, 0.29) is 0 Å². The van der Waals surface area contributed by atoms with Gasteiger partial charge in [0.15, 0.2) is 0 Å². The second-order valence-electron chi connectivity index (χ2n) is 5.56. The molecule has 1 aliphatic carbocycles. The fraction of sp³-hybridized carbons (Fsp3) is 0.600. The molecule has 0 spiro atoms. The predicted molar refractivity (Wildman–Crippen MR) is 80.3 cm³/mol. The first-order chi connectivity index (χ1) is 8.58. The first-order valence-electron chi connectivity index (χ1n) is 6.59. The van der Waals surface area contributed by atoms with Crippen molar-refractivity contribution in [1.29, 1.82) is 0 Å². The van der Waals surface area contributed by atoms with E-state index in [0.29, 0.717) is 12.0 Å². The van der Waals surface area contributed by atoms with Crippen LogP contribution in [0.2, 0.25) is 0 Å². The Morgan fingerprint density at radius 3 is 2.44 bits per heavy atom. The van der Waals surface area contributed by atoms with Crippen LogP contribution in [0.3, 0.4) is 0 Å². The Kier molecular flexibility index (Phi) is 4.97. The second-order valence-corrected chi connectivity index (χ2v) is 6.68. The monoisotopic (exact) mass is 330 g/mol. The molecule has 0 aliphatic heterocycles. The van der Waals surface area contributed by atoms with E-state index in [9.17, 15) is 0 Å². The van der Waals surface area contributed by atoms with Crippen molar-refractivity contribution in [2.24, 2.45) is 11.8 Å². The third-order valence-corrected chi connectivity index (χ3v) is 4.51. The van der Waals surface area contributed by atoms with Crippen LogP contribution in [0, 0.1) is 11.8 Å². The highest BCUT2D eigenvalue weighted by molar-refractivity contribution is 9.10. The highest BCUT2D eigenvalue weighted by atomic mass is 79.9. The molecule has 1 aromatic rings. The molecule has 2 rings (SSSR count). The van der Waals surface area contributed by atoms with Crippen molar-refractivity contribution in [1.82, 2.24) is 0 Å². The van der Waals surface area contributed by atoms with E-state index in [1.165, 1.54) is 6.42 Å². The molecule has 1 aromatic carbocycles. The number of hydrogen-bond acceptors (Lipinski definition) is 1. The SMILES string of the molecule is CC1CC(C)CC(Oc2ccc(CCl)cc2Br)C1. The first kappa shape index (κ1) is 14.2. The van der Waals surface area contributed by atoms with Gasteiger partial charge in [0.2, 0.25) is 0 Å². The van der Waals surface area contributed by atoms with Crippen LogP contribution in [0.1, 0.15) is 38.7 Å². The summed E-state index contributed by atoms with van der Waals surface area (Å²) in [5.41, 5.74) is 1.11. The largest absolute Gasteiger partial charge is 0.489 e. The Morgan fingerprint density at radius 2 is 1.89 bits per heavy atom. The van der Waals surface area contributed by atoms with Gasteiger partial charge in [-0.1, -0.05) is 19.9 Å². The standard InChI is InChI=1S/C15H20BrClO/c1-10-5-11(2)7-13(6-10)18-15-4-3-12(9-17)8-14(15)16/h3-4,8,10-11,13H,5-7,9H2,1-2H3. The lowest BCUT2D eigenvalue weighted by Crippen LogP contribution is -2.28. The highest BCUT2D eigenvalue weighted by Crippen LogP contribution is 2.34. The average molecular weight is 332 g/mol. The van der Waals surface area contributed by atoms with Gasteiger partial charge >= 0.3 is 0 Å². The van der Waals surface area contributed by atoms with Crippen molar-refractivity contribution in [2.45, 2.75) is 45.1 Å². The van der Waals surface area contributed by atoms with Gasteiger partial charge in [0.25, 0.3) is 0 Å². The van der Waals surface area contributed by atoms with Crippen molar-refractivity contribution in [3.05, 3.63) is 28.2 Å². The number of alkyl halides is 1. The number of hydrogen-bond donors (Lipinski definition) is 0. The van der Waals surface area contributed by atoms with Gasteiger partial charge in [-0.3, -0.25) is 0 Å². The van der Waals surface area contributed by atoms with Crippen molar-refractivity contribution >= 4 is 27.5 Å². The van der Waals surface area contributed by atoms with Crippen molar-refractivity contribution < 1.29 is 4.74 Å². The van der Waals surface area contributed by atoms with E-state index in [0.717, 1.165) is 40.5 Å². The Morgan fingerprint density at radius 1 is 1.22 bits per heavy atom. The van der Waals surface area contributed by atoms with Gasteiger partial charge in [-0.05, 0) is 64.7 Å². The van der Waals surface area contributed by atoms with Crippen LogP contribution in [-0.2, 0) is 5.88 Å². The molecule has 18 heavy (non-hydrogen) atoms. The van der Waals surface area contributed by atoms with E-state index in [1.807, 2.05) is 18.2 Å². The summed E-state index contributed by atoms with van der Waals surface area (Å²) in [6.07, 6.45) is 4.00. The van der Waals surface area contributed by atoms with Crippen molar-refractivity contribution in [3.8, 4) is 5.75 Å².